The average Bonchev–Trinajstić information content (AvgIpc) is 3.55. The number of rotatable bonds is 8. The molecule has 3 aromatic heterocycles. The molecule has 1 aliphatic rings. The van der Waals surface area contributed by atoms with E-state index in [-0.39, 0.29) is 24.7 Å². The predicted octanol–water partition coefficient (Wildman–Crippen LogP) is 4.33. The molecule has 1 amide bonds. The highest BCUT2D eigenvalue weighted by Crippen LogP contribution is 2.35. The summed E-state index contributed by atoms with van der Waals surface area (Å²) in [5.74, 6) is -0.354. The number of aliphatic carboxylic acids is 1. The fourth-order valence-corrected chi connectivity index (χ4v) is 5.25. The summed E-state index contributed by atoms with van der Waals surface area (Å²) >= 11 is 1.49. The number of nitrogens with one attached hydrogen (secondary N) is 1. The highest BCUT2D eigenvalue weighted by Gasteiger charge is 2.41. The number of likely N-dealkylation sites (tertiary alicyclic amines) is 1. The van der Waals surface area contributed by atoms with E-state index >= 15 is 0 Å². The van der Waals surface area contributed by atoms with Crippen LogP contribution in [0, 0.1) is 0 Å². The summed E-state index contributed by atoms with van der Waals surface area (Å²) < 4.78 is 11.8. The van der Waals surface area contributed by atoms with Crippen LogP contribution in [0.3, 0.4) is 0 Å². The minimum absolute atomic E-state index is 0.112. The molecule has 1 saturated heterocycles. The Morgan fingerprint density at radius 1 is 1.16 bits per heavy atom. The first kappa shape index (κ1) is 25.4. The Bertz CT molecular complexity index is 1480. The minimum atomic E-state index is -1.09. The molecule has 4 aromatic rings. The van der Waals surface area contributed by atoms with Crippen LogP contribution in [0.2, 0.25) is 0 Å². The highest BCUT2D eigenvalue weighted by atomic mass is 32.1. The predicted molar refractivity (Wildman–Crippen MR) is 144 cm³/mol. The minimum Gasteiger partial charge on any atom is -0.497 e. The second-order valence-corrected chi connectivity index (χ2v) is 10.1. The van der Waals surface area contributed by atoms with E-state index in [0.717, 1.165) is 10.5 Å². The topological polar surface area (TPSA) is 127 Å². The zero-order valence-corrected chi connectivity index (χ0v) is 21.9. The number of carbonyl (C=O) groups excluding carboxylic acids is 1. The lowest BCUT2D eigenvalue weighted by Crippen LogP contribution is -2.41. The smallest absolute Gasteiger partial charge is 0.326 e. The molecular formula is C27H27N5O5S. The first-order chi connectivity index (χ1) is 18.3. The van der Waals surface area contributed by atoms with Crippen LogP contribution in [0.5, 0.6) is 11.5 Å². The number of amides is 1. The lowest BCUT2D eigenvalue weighted by Gasteiger charge is -2.20. The van der Waals surface area contributed by atoms with Crippen LogP contribution >= 0.6 is 11.3 Å². The van der Waals surface area contributed by atoms with E-state index in [9.17, 15) is 14.7 Å². The number of nitrogens with zero attached hydrogens (tertiary/aromatic N) is 4. The summed E-state index contributed by atoms with van der Waals surface area (Å²) in [6.45, 7) is 4.20. The van der Waals surface area contributed by atoms with Crippen molar-refractivity contribution in [1.29, 1.82) is 0 Å². The molecule has 1 aliphatic heterocycles. The van der Waals surface area contributed by atoms with Gasteiger partial charge in [-0.2, -0.15) is 0 Å². The standard InChI is InChI=1S/C27H27N5O5S/c1-15(2)29-27-31-22(14-38-27)21-12-24(18-8-7-16(36-3)10-20(18)30-21)37-17-11-23(26(34)35)32(13-17)25(33)19-6-4-5-9-28-19/h4-10,12,14-15,17,23H,11,13H2,1-3H3,(H,29,31)(H,34,35)/t17-,23+/m1/s1. The molecule has 2 atom stereocenters. The number of hydrogen-bond acceptors (Lipinski definition) is 9. The summed E-state index contributed by atoms with van der Waals surface area (Å²) in [6.07, 6.45) is 1.10. The van der Waals surface area contributed by atoms with Gasteiger partial charge in [0.15, 0.2) is 5.13 Å². The number of aromatic nitrogens is 3. The van der Waals surface area contributed by atoms with Crippen molar-refractivity contribution in [3.63, 3.8) is 0 Å². The van der Waals surface area contributed by atoms with E-state index in [1.54, 1.807) is 25.3 Å². The number of anilines is 1. The first-order valence-electron chi connectivity index (χ1n) is 12.1. The molecule has 10 nitrogen and oxygen atoms in total. The van der Waals surface area contributed by atoms with Crippen LogP contribution in [0.25, 0.3) is 22.3 Å². The largest absolute Gasteiger partial charge is 0.497 e. The van der Waals surface area contributed by atoms with E-state index in [1.807, 2.05) is 43.5 Å². The Labute approximate surface area is 223 Å². The van der Waals surface area contributed by atoms with Gasteiger partial charge in [0.25, 0.3) is 5.91 Å². The maximum atomic E-state index is 13.1. The molecule has 0 saturated carbocycles. The Morgan fingerprint density at radius 3 is 2.71 bits per heavy atom. The number of fused-ring (bicyclic) bond motifs is 1. The SMILES string of the molecule is COc1ccc2c(O[C@@H]3C[C@@H](C(=O)O)N(C(=O)c4ccccn4)C3)cc(-c3csc(NC(C)C)n3)nc2c1. The van der Waals surface area contributed by atoms with Gasteiger partial charge in [-0.05, 0) is 38.1 Å². The first-order valence-corrected chi connectivity index (χ1v) is 13.0. The third-order valence-electron chi connectivity index (χ3n) is 6.14. The van der Waals surface area contributed by atoms with Crippen molar-refractivity contribution in [3.05, 3.63) is 59.7 Å². The molecule has 0 radical (unpaired) electrons. The van der Waals surface area contributed by atoms with E-state index in [4.69, 9.17) is 14.5 Å². The number of ether oxygens (including phenoxy) is 2. The van der Waals surface area contributed by atoms with E-state index in [0.29, 0.717) is 28.4 Å². The quantitative estimate of drug-likeness (QED) is 0.340. The zero-order chi connectivity index (χ0) is 26.8. The molecule has 0 bridgehead atoms. The number of carboxylic acids is 1. The molecule has 2 N–H and O–H groups in total. The fourth-order valence-electron chi connectivity index (χ4n) is 4.39. The summed E-state index contributed by atoms with van der Waals surface area (Å²) in [5.41, 5.74) is 2.15. The van der Waals surface area contributed by atoms with Gasteiger partial charge in [-0.1, -0.05) is 6.07 Å². The molecule has 0 unspecified atom stereocenters. The summed E-state index contributed by atoms with van der Waals surface area (Å²) in [5, 5.41) is 16.6. The third-order valence-corrected chi connectivity index (χ3v) is 6.92. The maximum Gasteiger partial charge on any atom is 0.326 e. The van der Waals surface area contributed by atoms with E-state index < -0.39 is 24.0 Å². The molecule has 1 aromatic carbocycles. The number of carbonyl (C=O) groups is 2. The molecule has 0 spiro atoms. The number of hydrogen-bond donors (Lipinski definition) is 2. The van der Waals surface area contributed by atoms with Crippen LogP contribution in [0.1, 0.15) is 30.8 Å². The lowest BCUT2D eigenvalue weighted by atomic mass is 10.1. The van der Waals surface area contributed by atoms with E-state index in [1.165, 1.54) is 22.4 Å². The van der Waals surface area contributed by atoms with Gasteiger partial charge in [-0.25, -0.2) is 14.8 Å². The molecular weight excluding hydrogens is 506 g/mol. The highest BCUT2D eigenvalue weighted by molar-refractivity contribution is 7.14. The van der Waals surface area contributed by atoms with Gasteiger partial charge in [0.2, 0.25) is 0 Å². The Kier molecular flexibility index (Phi) is 7.10. The van der Waals surface area contributed by atoms with Crippen molar-refractivity contribution in [2.45, 2.75) is 38.5 Å². The Balaban J connectivity index is 1.48. The van der Waals surface area contributed by atoms with Crippen LogP contribution in [0.15, 0.2) is 54.0 Å². The van der Waals surface area contributed by atoms with Crippen molar-refractivity contribution < 1.29 is 24.2 Å². The number of benzene rings is 1. The molecule has 196 valence electrons. The second-order valence-electron chi connectivity index (χ2n) is 9.23. The Hall–Kier alpha value is -4.25. The zero-order valence-electron chi connectivity index (χ0n) is 21.1. The van der Waals surface area contributed by atoms with Crippen molar-refractivity contribution in [1.82, 2.24) is 19.9 Å². The van der Waals surface area contributed by atoms with Crippen LogP contribution in [-0.2, 0) is 4.79 Å². The molecule has 5 rings (SSSR count). The molecule has 4 heterocycles. The monoisotopic (exact) mass is 533 g/mol. The molecule has 11 heteroatoms. The number of carboxylic acid groups (broad SMARTS) is 1. The summed E-state index contributed by atoms with van der Waals surface area (Å²) in [6, 6.07) is 11.5. The summed E-state index contributed by atoms with van der Waals surface area (Å²) in [7, 11) is 1.59. The van der Waals surface area contributed by atoms with Gasteiger partial charge in [0.1, 0.15) is 35.0 Å². The van der Waals surface area contributed by atoms with E-state index in [2.05, 4.69) is 15.3 Å². The van der Waals surface area contributed by atoms with Gasteiger partial charge in [0.05, 0.1) is 24.9 Å². The molecule has 1 fully saturated rings. The summed E-state index contributed by atoms with van der Waals surface area (Å²) in [4.78, 5) is 40.0. The normalized spacial score (nSPS) is 17.1. The fraction of sp³-hybridized carbons (Fsp3) is 0.296. The van der Waals surface area contributed by atoms with Crippen molar-refractivity contribution >= 4 is 39.2 Å². The van der Waals surface area contributed by atoms with Gasteiger partial charge >= 0.3 is 5.97 Å². The van der Waals surface area contributed by atoms with Gasteiger partial charge < -0.3 is 24.8 Å². The lowest BCUT2D eigenvalue weighted by molar-refractivity contribution is -0.141. The molecule has 0 aliphatic carbocycles. The van der Waals surface area contributed by atoms with Crippen LogP contribution in [-0.4, -0.2) is 68.7 Å². The molecule has 38 heavy (non-hydrogen) atoms. The van der Waals surface area contributed by atoms with Gasteiger partial charge in [-0.3, -0.25) is 9.78 Å². The Morgan fingerprint density at radius 2 is 2.00 bits per heavy atom. The van der Waals surface area contributed by atoms with Crippen molar-refractivity contribution in [2.75, 3.05) is 19.0 Å². The number of methoxy groups -OCH3 is 1. The van der Waals surface area contributed by atoms with Crippen molar-refractivity contribution in [3.8, 4) is 22.9 Å². The van der Waals surface area contributed by atoms with Crippen LogP contribution in [0.4, 0.5) is 5.13 Å². The third kappa shape index (κ3) is 5.23. The number of pyridine rings is 2. The van der Waals surface area contributed by atoms with Gasteiger partial charge in [-0.15, -0.1) is 11.3 Å². The average molecular weight is 534 g/mol. The maximum absolute atomic E-state index is 13.1. The second kappa shape index (κ2) is 10.6. The van der Waals surface area contributed by atoms with Crippen molar-refractivity contribution in [2.24, 2.45) is 0 Å². The van der Waals surface area contributed by atoms with Gasteiger partial charge in [0, 0.05) is 41.6 Å². The number of thiazole rings is 1. The van der Waals surface area contributed by atoms with Crippen LogP contribution < -0.4 is 14.8 Å².